The van der Waals surface area contributed by atoms with Crippen LogP contribution in [0.25, 0.3) is 0 Å². The van der Waals surface area contributed by atoms with Crippen molar-refractivity contribution in [3.8, 4) is 0 Å². The van der Waals surface area contributed by atoms with Gasteiger partial charge in [0.1, 0.15) is 5.82 Å². The molecule has 2 nitrogen and oxygen atoms in total. The average molecular weight is 244 g/mol. The summed E-state index contributed by atoms with van der Waals surface area (Å²) >= 11 is 5.62. The largest absolute Gasteiger partial charge is 0.395 e. The zero-order valence-corrected chi connectivity index (χ0v) is 9.75. The first kappa shape index (κ1) is 11.8. The van der Waals surface area contributed by atoms with Gasteiger partial charge < -0.3 is 5.11 Å². The SMILES string of the molecule is OC[C@@H]1CCCN1Cc1ccc(Cl)c(F)c1. The molecule has 1 aromatic carbocycles. The lowest BCUT2D eigenvalue weighted by Crippen LogP contribution is -2.31. The van der Waals surface area contributed by atoms with Crippen molar-refractivity contribution in [1.82, 2.24) is 4.90 Å². The first-order valence-corrected chi connectivity index (χ1v) is 5.87. The summed E-state index contributed by atoms with van der Waals surface area (Å²) in [7, 11) is 0. The fourth-order valence-corrected chi connectivity index (χ4v) is 2.30. The van der Waals surface area contributed by atoms with Crippen molar-refractivity contribution in [3.05, 3.63) is 34.6 Å². The molecule has 0 bridgehead atoms. The van der Waals surface area contributed by atoms with Crippen molar-refractivity contribution in [2.75, 3.05) is 13.2 Å². The predicted molar refractivity (Wildman–Crippen MR) is 61.9 cm³/mol. The molecule has 0 spiro atoms. The lowest BCUT2D eigenvalue weighted by molar-refractivity contribution is 0.153. The van der Waals surface area contributed by atoms with E-state index in [2.05, 4.69) is 4.90 Å². The predicted octanol–water partition coefficient (Wildman–Crippen LogP) is 2.44. The fraction of sp³-hybridized carbons (Fsp3) is 0.500. The normalized spacial score (nSPS) is 21.6. The number of benzene rings is 1. The van der Waals surface area contributed by atoms with Gasteiger partial charge in [0, 0.05) is 12.6 Å². The monoisotopic (exact) mass is 243 g/mol. The molecular formula is C12H15ClFNO. The second kappa shape index (κ2) is 5.13. The Hall–Kier alpha value is -0.640. The summed E-state index contributed by atoms with van der Waals surface area (Å²) in [6.07, 6.45) is 2.12. The van der Waals surface area contributed by atoms with E-state index in [1.807, 2.05) is 6.07 Å². The Morgan fingerprint density at radius 3 is 3.00 bits per heavy atom. The number of nitrogens with zero attached hydrogens (tertiary/aromatic N) is 1. The molecule has 0 radical (unpaired) electrons. The molecule has 2 rings (SSSR count). The van der Waals surface area contributed by atoms with Gasteiger partial charge in [0.15, 0.2) is 0 Å². The van der Waals surface area contributed by atoms with Crippen LogP contribution in [-0.2, 0) is 6.54 Å². The highest BCUT2D eigenvalue weighted by Crippen LogP contribution is 2.21. The van der Waals surface area contributed by atoms with Crippen LogP contribution in [0.3, 0.4) is 0 Å². The minimum absolute atomic E-state index is 0.156. The molecule has 1 saturated heterocycles. The van der Waals surface area contributed by atoms with Crippen LogP contribution in [-0.4, -0.2) is 29.2 Å². The first-order chi connectivity index (χ1) is 7.70. The molecule has 1 N–H and O–H groups in total. The summed E-state index contributed by atoms with van der Waals surface area (Å²) in [4.78, 5) is 2.18. The summed E-state index contributed by atoms with van der Waals surface area (Å²) < 4.78 is 13.2. The van der Waals surface area contributed by atoms with E-state index in [1.54, 1.807) is 6.07 Å². The summed E-state index contributed by atoms with van der Waals surface area (Å²) in [5.41, 5.74) is 0.905. The van der Waals surface area contributed by atoms with E-state index in [1.165, 1.54) is 6.07 Å². The van der Waals surface area contributed by atoms with E-state index >= 15 is 0 Å². The molecule has 0 saturated carbocycles. The Morgan fingerprint density at radius 1 is 1.50 bits per heavy atom. The van der Waals surface area contributed by atoms with Gasteiger partial charge in [0.25, 0.3) is 0 Å². The molecule has 4 heteroatoms. The number of aliphatic hydroxyl groups excluding tert-OH is 1. The van der Waals surface area contributed by atoms with Crippen LogP contribution in [0.4, 0.5) is 4.39 Å². The average Bonchev–Trinajstić information content (AvgIpc) is 2.71. The molecule has 16 heavy (non-hydrogen) atoms. The number of halogens is 2. The van der Waals surface area contributed by atoms with Gasteiger partial charge in [-0.2, -0.15) is 0 Å². The van der Waals surface area contributed by atoms with Gasteiger partial charge in [-0.3, -0.25) is 4.90 Å². The summed E-state index contributed by atoms with van der Waals surface area (Å²) in [5, 5.41) is 9.33. The lowest BCUT2D eigenvalue weighted by Gasteiger charge is -2.22. The van der Waals surface area contributed by atoms with Crippen molar-refractivity contribution < 1.29 is 9.50 Å². The minimum Gasteiger partial charge on any atom is -0.395 e. The third-order valence-electron chi connectivity index (χ3n) is 3.08. The number of likely N-dealkylation sites (tertiary alicyclic amines) is 1. The van der Waals surface area contributed by atoms with E-state index in [0.717, 1.165) is 24.9 Å². The quantitative estimate of drug-likeness (QED) is 0.882. The van der Waals surface area contributed by atoms with Crippen LogP contribution in [0.2, 0.25) is 5.02 Å². The maximum absolute atomic E-state index is 13.2. The molecule has 1 heterocycles. The second-order valence-corrected chi connectivity index (χ2v) is 4.60. The van der Waals surface area contributed by atoms with Gasteiger partial charge in [0.05, 0.1) is 11.6 Å². The van der Waals surface area contributed by atoms with Crippen LogP contribution in [0, 0.1) is 5.82 Å². The Kier molecular flexibility index (Phi) is 3.79. The van der Waals surface area contributed by atoms with Crippen molar-refractivity contribution in [2.24, 2.45) is 0 Å². The van der Waals surface area contributed by atoms with Crippen LogP contribution in [0.15, 0.2) is 18.2 Å². The van der Waals surface area contributed by atoms with Gasteiger partial charge in [-0.05, 0) is 37.1 Å². The number of hydrogen-bond acceptors (Lipinski definition) is 2. The molecule has 1 aliphatic heterocycles. The topological polar surface area (TPSA) is 23.5 Å². The van der Waals surface area contributed by atoms with Gasteiger partial charge in [-0.15, -0.1) is 0 Å². The van der Waals surface area contributed by atoms with Gasteiger partial charge in [-0.1, -0.05) is 17.7 Å². The van der Waals surface area contributed by atoms with Crippen LogP contribution < -0.4 is 0 Å². The van der Waals surface area contributed by atoms with E-state index in [0.29, 0.717) is 6.54 Å². The maximum Gasteiger partial charge on any atom is 0.142 e. The highest BCUT2D eigenvalue weighted by atomic mass is 35.5. The third-order valence-corrected chi connectivity index (χ3v) is 3.39. The molecule has 0 amide bonds. The first-order valence-electron chi connectivity index (χ1n) is 5.49. The molecule has 1 atom stereocenters. The highest BCUT2D eigenvalue weighted by molar-refractivity contribution is 6.30. The van der Waals surface area contributed by atoms with Gasteiger partial charge >= 0.3 is 0 Å². The van der Waals surface area contributed by atoms with E-state index < -0.39 is 0 Å². The smallest absolute Gasteiger partial charge is 0.142 e. The second-order valence-electron chi connectivity index (χ2n) is 4.20. The summed E-state index contributed by atoms with van der Waals surface area (Å²) in [5.74, 6) is -0.376. The standard InChI is InChI=1S/C12H15ClFNO/c13-11-4-3-9(6-12(11)14)7-15-5-1-2-10(15)8-16/h3-4,6,10,16H,1-2,5,7-8H2/t10-/m0/s1. The zero-order valence-electron chi connectivity index (χ0n) is 9.00. The number of rotatable bonds is 3. The zero-order chi connectivity index (χ0) is 11.5. The van der Waals surface area contributed by atoms with E-state index in [-0.39, 0.29) is 23.5 Å². The fourth-order valence-electron chi connectivity index (χ4n) is 2.18. The highest BCUT2D eigenvalue weighted by Gasteiger charge is 2.23. The Bertz CT molecular complexity index is 372. The Morgan fingerprint density at radius 2 is 2.31 bits per heavy atom. The summed E-state index contributed by atoms with van der Waals surface area (Å²) in [6, 6.07) is 5.10. The van der Waals surface area contributed by atoms with Crippen LogP contribution in [0.1, 0.15) is 18.4 Å². The molecule has 1 fully saturated rings. The maximum atomic E-state index is 13.2. The number of hydrogen-bond donors (Lipinski definition) is 1. The van der Waals surface area contributed by atoms with E-state index in [9.17, 15) is 9.50 Å². The molecule has 88 valence electrons. The van der Waals surface area contributed by atoms with Crippen molar-refractivity contribution >= 4 is 11.6 Å². The lowest BCUT2D eigenvalue weighted by atomic mass is 10.2. The molecular weight excluding hydrogens is 229 g/mol. The molecule has 1 aliphatic rings. The molecule has 0 unspecified atom stereocenters. The third kappa shape index (κ3) is 2.54. The molecule has 1 aromatic rings. The number of aliphatic hydroxyl groups is 1. The van der Waals surface area contributed by atoms with Gasteiger partial charge in [-0.25, -0.2) is 4.39 Å². The van der Waals surface area contributed by atoms with Crippen molar-refractivity contribution in [3.63, 3.8) is 0 Å². The Labute approximate surface area is 99.6 Å². The van der Waals surface area contributed by atoms with E-state index in [4.69, 9.17) is 11.6 Å². The Balaban J connectivity index is 2.05. The summed E-state index contributed by atoms with van der Waals surface area (Å²) in [6.45, 7) is 1.82. The van der Waals surface area contributed by atoms with Crippen molar-refractivity contribution in [2.45, 2.75) is 25.4 Å². The minimum atomic E-state index is -0.376. The van der Waals surface area contributed by atoms with Crippen LogP contribution >= 0.6 is 11.6 Å². The van der Waals surface area contributed by atoms with Crippen LogP contribution in [0.5, 0.6) is 0 Å². The molecule has 0 aromatic heterocycles. The van der Waals surface area contributed by atoms with Crippen molar-refractivity contribution in [1.29, 1.82) is 0 Å². The molecule has 0 aliphatic carbocycles. The van der Waals surface area contributed by atoms with Gasteiger partial charge in [0.2, 0.25) is 0 Å².